The van der Waals surface area contributed by atoms with Crippen molar-refractivity contribution in [2.45, 2.75) is 13.3 Å². The molecule has 6 heteroatoms. The molecule has 0 bridgehead atoms. The summed E-state index contributed by atoms with van der Waals surface area (Å²) >= 11 is 6.09. The lowest BCUT2D eigenvalue weighted by Gasteiger charge is -2.21. The van der Waals surface area contributed by atoms with Gasteiger partial charge in [-0.1, -0.05) is 11.6 Å². The number of anilines is 1. The molecule has 1 N–H and O–H groups in total. The average molecular weight is 266 g/mol. The minimum Gasteiger partial charge on any atom is -0.481 e. The van der Waals surface area contributed by atoms with Crippen LogP contribution in [0.3, 0.4) is 0 Å². The monoisotopic (exact) mass is 265 g/mol. The van der Waals surface area contributed by atoms with Crippen LogP contribution in [0.15, 0.2) is 12.3 Å². The molecule has 5 nitrogen and oxygen atoms in total. The normalized spacial score (nSPS) is 22.8. The van der Waals surface area contributed by atoms with Crippen LogP contribution >= 0.6 is 11.6 Å². The van der Waals surface area contributed by atoms with Crippen LogP contribution in [0.2, 0.25) is 5.02 Å². The zero-order valence-electron chi connectivity index (χ0n) is 9.85. The molecule has 0 aromatic carbocycles. The van der Waals surface area contributed by atoms with Gasteiger partial charge in [-0.3, -0.25) is 4.79 Å². The summed E-state index contributed by atoms with van der Waals surface area (Å²) in [4.78, 5) is 17.1. The predicted molar refractivity (Wildman–Crippen MR) is 66.5 cm³/mol. The second kappa shape index (κ2) is 4.46. The Bertz CT molecular complexity index is 541. The van der Waals surface area contributed by atoms with E-state index in [2.05, 4.69) is 4.98 Å². The quantitative estimate of drug-likeness (QED) is 0.884. The Kier molecular flexibility index (Phi) is 3.14. The van der Waals surface area contributed by atoms with E-state index in [1.54, 1.807) is 6.92 Å². The molecule has 1 atom stereocenters. The number of pyridine rings is 1. The lowest BCUT2D eigenvalue weighted by atomic mass is 9.90. The lowest BCUT2D eigenvalue weighted by Crippen LogP contribution is -2.32. The van der Waals surface area contributed by atoms with Crippen LogP contribution in [-0.2, 0) is 4.79 Å². The van der Waals surface area contributed by atoms with E-state index in [-0.39, 0.29) is 5.02 Å². The molecule has 1 fully saturated rings. The maximum atomic E-state index is 11.2. The van der Waals surface area contributed by atoms with Crippen LogP contribution < -0.4 is 4.90 Å². The van der Waals surface area contributed by atoms with Crippen LogP contribution in [0, 0.1) is 16.7 Å². The van der Waals surface area contributed by atoms with Gasteiger partial charge in [0, 0.05) is 19.3 Å². The molecule has 1 aliphatic rings. The maximum Gasteiger partial charge on any atom is 0.311 e. The molecule has 0 saturated carbocycles. The zero-order chi connectivity index (χ0) is 13.3. The van der Waals surface area contributed by atoms with E-state index in [0.717, 1.165) is 0 Å². The first-order valence-electron chi connectivity index (χ1n) is 5.51. The van der Waals surface area contributed by atoms with Gasteiger partial charge in [-0.25, -0.2) is 4.98 Å². The molecule has 1 unspecified atom stereocenters. The molecule has 0 spiro atoms. The molecule has 2 rings (SSSR count). The molecule has 1 aliphatic heterocycles. The first-order valence-corrected chi connectivity index (χ1v) is 5.89. The molecule has 94 valence electrons. The van der Waals surface area contributed by atoms with Crippen molar-refractivity contribution in [3.63, 3.8) is 0 Å². The summed E-state index contributed by atoms with van der Waals surface area (Å²) < 4.78 is 0. The Morgan fingerprint density at radius 2 is 2.44 bits per heavy atom. The van der Waals surface area contributed by atoms with Gasteiger partial charge in [-0.05, 0) is 19.4 Å². The van der Waals surface area contributed by atoms with Gasteiger partial charge in [-0.2, -0.15) is 5.26 Å². The fourth-order valence-corrected chi connectivity index (χ4v) is 2.33. The van der Waals surface area contributed by atoms with Gasteiger partial charge in [0.25, 0.3) is 0 Å². The number of aliphatic carboxylic acids is 1. The molecule has 18 heavy (non-hydrogen) atoms. The van der Waals surface area contributed by atoms with Crippen molar-refractivity contribution in [3.05, 3.63) is 22.8 Å². The second-order valence-electron chi connectivity index (χ2n) is 4.65. The third-order valence-electron chi connectivity index (χ3n) is 3.28. The Balaban J connectivity index is 2.31. The number of carbonyl (C=O) groups is 1. The minimum absolute atomic E-state index is 0.287. The third kappa shape index (κ3) is 2.00. The van der Waals surface area contributed by atoms with Crippen molar-refractivity contribution in [2.75, 3.05) is 18.0 Å². The SMILES string of the molecule is CC1(C(=O)O)CCN(c2nccc(C#N)c2Cl)C1. The number of nitrogens with zero attached hydrogens (tertiary/aromatic N) is 3. The molecule has 1 aromatic heterocycles. The van der Waals surface area contributed by atoms with Gasteiger partial charge in [-0.15, -0.1) is 0 Å². The van der Waals surface area contributed by atoms with Crippen molar-refractivity contribution < 1.29 is 9.90 Å². The van der Waals surface area contributed by atoms with Crippen LogP contribution in [-0.4, -0.2) is 29.1 Å². The Morgan fingerprint density at radius 3 is 3.00 bits per heavy atom. The van der Waals surface area contributed by atoms with Crippen LogP contribution in [0.1, 0.15) is 18.9 Å². The van der Waals surface area contributed by atoms with E-state index in [9.17, 15) is 9.90 Å². The van der Waals surface area contributed by atoms with Gasteiger partial charge in [0.1, 0.15) is 16.9 Å². The second-order valence-corrected chi connectivity index (χ2v) is 5.02. The first-order chi connectivity index (χ1) is 8.48. The number of carboxylic acid groups (broad SMARTS) is 1. The number of carboxylic acids is 1. The maximum absolute atomic E-state index is 11.2. The molecule has 0 aliphatic carbocycles. The molecular weight excluding hydrogens is 254 g/mol. The largest absolute Gasteiger partial charge is 0.481 e. The summed E-state index contributed by atoms with van der Waals surface area (Å²) in [7, 11) is 0. The molecule has 1 saturated heterocycles. The highest BCUT2D eigenvalue weighted by atomic mass is 35.5. The van der Waals surface area contributed by atoms with E-state index in [0.29, 0.717) is 30.9 Å². The molecule has 0 amide bonds. The van der Waals surface area contributed by atoms with Crippen molar-refractivity contribution >= 4 is 23.4 Å². The standard InChI is InChI=1S/C12H12ClN3O2/c1-12(11(17)18)3-5-16(7-12)10-9(13)8(6-14)2-4-15-10/h2,4H,3,5,7H2,1H3,(H,17,18). The average Bonchev–Trinajstić information content (AvgIpc) is 2.73. The van der Waals surface area contributed by atoms with Gasteiger partial charge in [0.05, 0.1) is 11.0 Å². The van der Waals surface area contributed by atoms with Gasteiger partial charge >= 0.3 is 5.97 Å². The number of hydrogen-bond donors (Lipinski definition) is 1. The van der Waals surface area contributed by atoms with Crippen molar-refractivity contribution in [1.82, 2.24) is 4.98 Å². The number of hydrogen-bond acceptors (Lipinski definition) is 4. The van der Waals surface area contributed by atoms with E-state index >= 15 is 0 Å². The minimum atomic E-state index is -0.822. The van der Waals surface area contributed by atoms with Crippen molar-refractivity contribution in [1.29, 1.82) is 5.26 Å². The number of rotatable bonds is 2. The summed E-state index contributed by atoms with van der Waals surface area (Å²) in [5, 5.41) is 18.4. The highest BCUT2D eigenvalue weighted by Crippen LogP contribution is 2.36. The fraction of sp³-hybridized carbons (Fsp3) is 0.417. The number of halogens is 1. The Labute approximate surface area is 110 Å². The number of aromatic nitrogens is 1. The van der Waals surface area contributed by atoms with Gasteiger partial charge in [0.15, 0.2) is 0 Å². The van der Waals surface area contributed by atoms with Crippen molar-refractivity contribution in [2.24, 2.45) is 5.41 Å². The fourth-order valence-electron chi connectivity index (χ4n) is 2.06. The van der Waals surface area contributed by atoms with Crippen molar-refractivity contribution in [3.8, 4) is 6.07 Å². The molecular formula is C12H12ClN3O2. The first kappa shape index (κ1) is 12.7. The topological polar surface area (TPSA) is 77.2 Å². The predicted octanol–water partition coefficient (Wildman–Crippen LogP) is 1.91. The van der Waals surface area contributed by atoms with E-state index < -0.39 is 11.4 Å². The van der Waals surface area contributed by atoms with Gasteiger partial charge in [0.2, 0.25) is 0 Å². The zero-order valence-corrected chi connectivity index (χ0v) is 10.6. The summed E-state index contributed by atoms with van der Waals surface area (Å²) in [5.41, 5.74) is -0.432. The molecule has 1 aromatic rings. The van der Waals surface area contributed by atoms with E-state index in [1.807, 2.05) is 11.0 Å². The summed E-state index contributed by atoms with van der Waals surface area (Å²) in [6.45, 7) is 2.63. The van der Waals surface area contributed by atoms with Crippen LogP contribution in [0.4, 0.5) is 5.82 Å². The Morgan fingerprint density at radius 1 is 1.72 bits per heavy atom. The summed E-state index contributed by atoms with van der Waals surface area (Å²) in [5.74, 6) is -0.335. The highest BCUT2D eigenvalue weighted by Gasteiger charge is 2.41. The Hall–Kier alpha value is -1.80. The van der Waals surface area contributed by atoms with Crippen LogP contribution in [0.5, 0.6) is 0 Å². The summed E-state index contributed by atoms with van der Waals surface area (Å²) in [6, 6.07) is 3.53. The molecule has 0 radical (unpaired) electrons. The molecule has 2 heterocycles. The number of nitriles is 1. The third-order valence-corrected chi connectivity index (χ3v) is 3.65. The van der Waals surface area contributed by atoms with Crippen LogP contribution in [0.25, 0.3) is 0 Å². The van der Waals surface area contributed by atoms with E-state index in [4.69, 9.17) is 16.9 Å². The summed E-state index contributed by atoms with van der Waals surface area (Å²) in [6.07, 6.45) is 2.05. The van der Waals surface area contributed by atoms with E-state index in [1.165, 1.54) is 12.3 Å². The lowest BCUT2D eigenvalue weighted by molar-refractivity contribution is -0.146. The smallest absolute Gasteiger partial charge is 0.311 e. The highest BCUT2D eigenvalue weighted by molar-refractivity contribution is 6.34. The van der Waals surface area contributed by atoms with Gasteiger partial charge < -0.3 is 10.0 Å².